The van der Waals surface area contributed by atoms with Crippen LogP contribution in [0.1, 0.15) is 11.6 Å². The van der Waals surface area contributed by atoms with Crippen LogP contribution in [0.3, 0.4) is 0 Å². The first-order valence-electron chi connectivity index (χ1n) is 7.16. The van der Waals surface area contributed by atoms with E-state index >= 15 is 0 Å². The zero-order valence-electron chi connectivity index (χ0n) is 12.5. The Labute approximate surface area is 130 Å². The number of benzene rings is 2. The average Bonchev–Trinajstić information content (AvgIpc) is 2.57. The standard InChI is InChI=1S/C18H18N2O2/c1-3-11-20-16-10-9-14(22-2)12-15(16)19-17(18(20)21)13-7-5-4-6-8-13/h3-10,12,17,19H,1,11H2,2H3. The van der Waals surface area contributed by atoms with E-state index in [1.807, 2.05) is 48.5 Å². The first-order chi connectivity index (χ1) is 10.7. The van der Waals surface area contributed by atoms with E-state index in [-0.39, 0.29) is 5.91 Å². The molecular weight excluding hydrogens is 276 g/mol. The van der Waals surface area contributed by atoms with Gasteiger partial charge in [0.05, 0.1) is 18.5 Å². The van der Waals surface area contributed by atoms with Crippen LogP contribution in [0, 0.1) is 0 Å². The molecule has 0 aliphatic carbocycles. The smallest absolute Gasteiger partial charge is 0.254 e. The minimum absolute atomic E-state index is 0.0174. The largest absolute Gasteiger partial charge is 0.497 e. The highest BCUT2D eigenvalue weighted by Crippen LogP contribution is 2.38. The molecule has 0 spiro atoms. The van der Waals surface area contributed by atoms with Crippen LogP contribution < -0.4 is 15.0 Å². The number of hydrogen-bond acceptors (Lipinski definition) is 3. The second-order valence-electron chi connectivity index (χ2n) is 5.11. The van der Waals surface area contributed by atoms with Crippen LogP contribution in [0.4, 0.5) is 11.4 Å². The Hall–Kier alpha value is -2.75. The van der Waals surface area contributed by atoms with E-state index in [1.165, 1.54) is 0 Å². The van der Waals surface area contributed by atoms with Crippen molar-refractivity contribution in [3.05, 3.63) is 66.7 Å². The lowest BCUT2D eigenvalue weighted by Crippen LogP contribution is -2.42. The topological polar surface area (TPSA) is 41.6 Å². The summed E-state index contributed by atoms with van der Waals surface area (Å²) in [7, 11) is 1.63. The zero-order valence-corrected chi connectivity index (χ0v) is 12.5. The number of anilines is 2. The highest BCUT2D eigenvalue weighted by atomic mass is 16.5. The van der Waals surface area contributed by atoms with Gasteiger partial charge in [-0.25, -0.2) is 0 Å². The van der Waals surface area contributed by atoms with Crippen molar-refractivity contribution in [3.8, 4) is 5.75 Å². The summed E-state index contributed by atoms with van der Waals surface area (Å²) < 4.78 is 5.28. The van der Waals surface area contributed by atoms with Crippen molar-refractivity contribution in [3.63, 3.8) is 0 Å². The van der Waals surface area contributed by atoms with Crippen molar-refractivity contribution in [1.82, 2.24) is 0 Å². The molecule has 0 radical (unpaired) electrons. The van der Waals surface area contributed by atoms with Gasteiger partial charge in [-0.3, -0.25) is 4.79 Å². The second-order valence-corrected chi connectivity index (χ2v) is 5.11. The molecule has 1 aliphatic rings. The summed E-state index contributed by atoms with van der Waals surface area (Å²) in [4.78, 5) is 14.6. The Morgan fingerprint density at radius 1 is 1.27 bits per heavy atom. The van der Waals surface area contributed by atoms with Crippen LogP contribution in [0.25, 0.3) is 0 Å². The summed E-state index contributed by atoms with van der Waals surface area (Å²) in [5.41, 5.74) is 2.67. The van der Waals surface area contributed by atoms with Crippen LogP contribution >= 0.6 is 0 Å². The minimum Gasteiger partial charge on any atom is -0.497 e. The fraction of sp³-hybridized carbons (Fsp3) is 0.167. The van der Waals surface area contributed by atoms with Crippen molar-refractivity contribution in [2.75, 3.05) is 23.9 Å². The van der Waals surface area contributed by atoms with Crippen LogP contribution in [0.2, 0.25) is 0 Å². The molecule has 112 valence electrons. The third-order valence-electron chi connectivity index (χ3n) is 3.75. The minimum atomic E-state index is -0.402. The van der Waals surface area contributed by atoms with E-state index in [2.05, 4.69) is 11.9 Å². The van der Waals surface area contributed by atoms with Crippen molar-refractivity contribution in [2.45, 2.75) is 6.04 Å². The molecule has 0 aromatic heterocycles. The van der Waals surface area contributed by atoms with E-state index in [9.17, 15) is 4.79 Å². The highest BCUT2D eigenvalue weighted by molar-refractivity contribution is 6.05. The van der Waals surface area contributed by atoms with Gasteiger partial charge < -0.3 is 15.0 Å². The lowest BCUT2D eigenvalue weighted by atomic mass is 10.0. The third-order valence-corrected chi connectivity index (χ3v) is 3.75. The van der Waals surface area contributed by atoms with E-state index < -0.39 is 6.04 Å². The maximum atomic E-state index is 12.8. The molecule has 2 aromatic carbocycles. The summed E-state index contributed by atoms with van der Waals surface area (Å²) >= 11 is 0. The predicted octanol–water partition coefficient (Wildman–Crippen LogP) is 3.38. The first-order valence-corrected chi connectivity index (χ1v) is 7.16. The summed E-state index contributed by atoms with van der Waals surface area (Å²) in [5.74, 6) is 0.773. The maximum Gasteiger partial charge on any atom is 0.254 e. The van der Waals surface area contributed by atoms with Gasteiger partial charge in [-0.2, -0.15) is 0 Å². The van der Waals surface area contributed by atoms with Gasteiger partial charge in [0, 0.05) is 12.6 Å². The molecule has 0 saturated heterocycles. The van der Waals surface area contributed by atoms with Gasteiger partial charge >= 0.3 is 0 Å². The van der Waals surface area contributed by atoms with E-state index in [4.69, 9.17) is 4.74 Å². The Balaban J connectivity index is 2.06. The molecule has 1 aliphatic heterocycles. The van der Waals surface area contributed by atoms with Gasteiger partial charge in [-0.05, 0) is 17.7 Å². The fourth-order valence-electron chi connectivity index (χ4n) is 2.67. The molecular formula is C18H18N2O2. The monoisotopic (exact) mass is 294 g/mol. The Morgan fingerprint density at radius 3 is 2.73 bits per heavy atom. The maximum absolute atomic E-state index is 12.8. The molecule has 1 amide bonds. The SMILES string of the molecule is C=CCN1C(=O)C(c2ccccc2)Nc2cc(OC)ccc21. The lowest BCUT2D eigenvalue weighted by molar-refractivity contribution is -0.119. The van der Waals surface area contributed by atoms with Crippen molar-refractivity contribution in [2.24, 2.45) is 0 Å². The number of carbonyl (C=O) groups excluding carboxylic acids is 1. The Morgan fingerprint density at radius 2 is 2.05 bits per heavy atom. The normalized spacial score (nSPS) is 16.7. The number of ether oxygens (including phenoxy) is 1. The first kappa shape index (κ1) is 14.2. The third kappa shape index (κ3) is 2.44. The zero-order chi connectivity index (χ0) is 15.5. The highest BCUT2D eigenvalue weighted by Gasteiger charge is 2.32. The van der Waals surface area contributed by atoms with E-state index in [1.54, 1.807) is 18.1 Å². The molecule has 0 saturated carbocycles. The summed E-state index contributed by atoms with van der Waals surface area (Å²) in [6.45, 7) is 4.23. The number of rotatable bonds is 4. The van der Waals surface area contributed by atoms with Gasteiger partial charge in [0.2, 0.25) is 0 Å². The summed E-state index contributed by atoms with van der Waals surface area (Å²) in [6, 6.07) is 15.0. The molecule has 1 heterocycles. The molecule has 0 fully saturated rings. The molecule has 3 rings (SSSR count). The number of nitrogens with zero attached hydrogens (tertiary/aromatic N) is 1. The number of amides is 1. The van der Waals surface area contributed by atoms with Crippen molar-refractivity contribution >= 4 is 17.3 Å². The van der Waals surface area contributed by atoms with Gasteiger partial charge in [0.15, 0.2) is 0 Å². The predicted molar refractivity (Wildman–Crippen MR) is 88.3 cm³/mol. The number of hydrogen-bond donors (Lipinski definition) is 1. The van der Waals surface area contributed by atoms with Crippen LogP contribution in [-0.4, -0.2) is 19.6 Å². The second kappa shape index (κ2) is 5.93. The molecule has 1 unspecified atom stereocenters. The van der Waals surface area contributed by atoms with Crippen LogP contribution in [0.5, 0.6) is 5.75 Å². The van der Waals surface area contributed by atoms with Gasteiger partial charge in [-0.1, -0.05) is 36.4 Å². The summed E-state index contributed by atoms with van der Waals surface area (Å²) in [6.07, 6.45) is 1.74. The molecule has 0 bridgehead atoms. The molecule has 1 atom stereocenters. The van der Waals surface area contributed by atoms with Gasteiger partial charge in [0.25, 0.3) is 5.91 Å². The summed E-state index contributed by atoms with van der Waals surface area (Å²) in [5, 5.41) is 3.32. The van der Waals surface area contributed by atoms with E-state index in [0.717, 1.165) is 22.7 Å². The Kier molecular flexibility index (Phi) is 3.83. The Bertz CT molecular complexity index is 697. The van der Waals surface area contributed by atoms with Gasteiger partial charge in [-0.15, -0.1) is 6.58 Å². The molecule has 4 heteroatoms. The van der Waals surface area contributed by atoms with E-state index in [0.29, 0.717) is 6.54 Å². The molecule has 1 N–H and O–H groups in total. The van der Waals surface area contributed by atoms with Crippen LogP contribution in [-0.2, 0) is 4.79 Å². The van der Waals surface area contributed by atoms with Gasteiger partial charge in [0.1, 0.15) is 11.8 Å². The molecule has 4 nitrogen and oxygen atoms in total. The lowest BCUT2D eigenvalue weighted by Gasteiger charge is -2.35. The quantitative estimate of drug-likeness (QED) is 0.879. The number of carbonyl (C=O) groups is 1. The average molecular weight is 294 g/mol. The molecule has 2 aromatic rings. The molecule has 22 heavy (non-hydrogen) atoms. The number of fused-ring (bicyclic) bond motifs is 1. The van der Waals surface area contributed by atoms with Crippen molar-refractivity contribution in [1.29, 1.82) is 0 Å². The van der Waals surface area contributed by atoms with Crippen molar-refractivity contribution < 1.29 is 9.53 Å². The number of nitrogens with one attached hydrogen (secondary N) is 1. The number of methoxy groups -OCH3 is 1. The fourth-order valence-corrected chi connectivity index (χ4v) is 2.67. The van der Waals surface area contributed by atoms with Crippen LogP contribution in [0.15, 0.2) is 61.2 Å².